The van der Waals surface area contributed by atoms with E-state index in [1.807, 2.05) is 0 Å². The lowest BCUT2D eigenvalue weighted by atomic mass is 9.93. The Balaban J connectivity index is 1.94. The first-order valence-electron chi connectivity index (χ1n) is 8.21. The molecule has 0 aromatic heterocycles. The fraction of sp³-hybridized carbons (Fsp3) is 0.875. The first kappa shape index (κ1) is 15.3. The van der Waals surface area contributed by atoms with Crippen LogP contribution in [-0.2, 0) is 9.59 Å². The Kier molecular flexibility index (Phi) is 5.86. The van der Waals surface area contributed by atoms with Crippen LogP contribution in [0.5, 0.6) is 0 Å². The average Bonchev–Trinajstić information content (AvgIpc) is 2.80. The smallest absolute Gasteiger partial charge is 0.308 e. The van der Waals surface area contributed by atoms with Crippen molar-refractivity contribution >= 4 is 11.9 Å². The van der Waals surface area contributed by atoms with Gasteiger partial charge in [-0.05, 0) is 25.7 Å². The van der Waals surface area contributed by atoms with Crippen LogP contribution in [0.3, 0.4) is 0 Å². The number of carboxylic acid groups (broad SMARTS) is 1. The Labute approximate surface area is 121 Å². The summed E-state index contributed by atoms with van der Waals surface area (Å²) in [5.41, 5.74) is 0. The lowest BCUT2D eigenvalue weighted by Gasteiger charge is -2.25. The van der Waals surface area contributed by atoms with Gasteiger partial charge >= 0.3 is 5.97 Å². The topological polar surface area (TPSA) is 66.4 Å². The van der Waals surface area contributed by atoms with Gasteiger partial charge in [-0.3, -0.25) is 9.59 Å². The number of carbonyl (C=O) groups excluding carboxylic acids is 1. The van der Waals surface area contributed by atoms with Gasteiger partial charge in [-0.25, -0.2) is 0 Å². The number of amides is 1. The van der Waals surface area contributed by atoms with Gasteiger partial charge in [-0.2, -0.15) is 0 Å². The zero-order valence-corrected chi connectivity index (χ0v) is 12.3. The molecule has 0 bridgehead atoms. The van der Waals surface area contributed by atoms with Crippen molar-refractivity contribution in [3.05, 3.63) is 0 Å². The van der Waals surface area contributed by atoms with Gasteiger partial charge < -0.3 is 10.4 Å². The second kappa shape index (κ2) is 7.65. The van der Waals surface area contributed by atoms with E-state index in [0.717, 1.165) is 51.4 Å². The Hall–Kier alpha value is -1.06. The van der Waals surface area contributed by atoms with Gasteiger partial charge in [0.2, 0.25) is 5.91 Å². The molecule has 2 rings (SSSR count). The van der Waals surface area contributed by atoms with Gasteiger partial charge in [0.25, 0.3) is 0 Å². The minimum atomic E-state index is -0.752. The molecule has 2 N–H and O–H groups in total. The summed E-state index contributed by atoms with van der Waals surface area (Å²) < 4.78 is 0. The Morgan fingerprint density at radius 1 is 0.800 bits per heavy atom. The van der Waals surface area contributed by atoms with Crippen LogP contribution in [0.4, 0.5) is 0 Å². The summed E-state index contributed by atoms with van der Waals surface area (Å²) in [6, 6.07) is -0.161. The Morgan fingerprint density at radius 2 is 1.35 bits per heavy atom. The zero-order valence-electron chi connectivity index (χ0n) is 12.3. The third-order valence-corrected chi connectivity index (χ3v) is 4.89. The molecule has 0 aromatic carbocycles. The van der Waals surface area contributed by atoms with Crippen LogP contribution < -0.4 is 5.32 Å². The van der Waals surface area contributed by atoms with Crippen LogP contribution in [0, 0.1) is 11.8 Å². The normalized spacial score (nSPS) is 29.2. The standard InChI is InChI=1S/C16H27NO3/c18-15(12-8-4-1-2-5-9-12)17-14-11-7-3-6-10-13(14)16(19)20/h12-14H,1-11H2,(H,17,18)(H,19,20)/t13-,14+/m1/s1. The lowest BCUT2D eigenvalue weighted by molar-refractivity contribution is -0.143. The van der Waals surface area contributed by atoms with E-state index >= 15 is 0 Å². The maximum atomic E-state index is 12.4. The third-order valence-electron chi connectivity index (χ3n) is 4.89. The van der Waals surface area contributed by atoms with Gasteiger partial charge in [0.05, 0.1) is 5.92 Å². The van der Waals surface area contributed by atoms with E-state index in [9.17, 15) is 14.7 Å². The third kappa shape index (κ3) is 4.22. The monoisotopic (exact) mass is 281 g/mol. The van der Waals surface area contributed by atoms with Gasteiger partial charge in [0, 0.05) is 12.0 Å². The minimum Gasteiger partial charge on any atom is -0.481 e. The average molecular weight is 281 g/mol. The highest BCUT2D eigenvalue weighted by atomic mass is 16.4. The molecule has 2 aliphatic carbocycles. The van der Waals surface area contributed by atoms with Crippen LogP contribution in [0.2, 0.25) is 0 Å². The van der Waals surface area contributed by atoms with Crippen molar-refractivity contribution < 1.29 is 14.7 Å². The van der Waals surface area contributed by atoms with E-state index in [2.05, 4.69) is 5.32 Å². The fourth-order valence-corrected chi connectivity index (χ4v) is 3.62. The predicted molar refractivity (Wildman–Crippen MR) is 77.3 cm³/mol. The number of carbonyl (C=O) groups is 2. The summed E-state index contributed by atoms with van der Waals surface area (Å²) >= 11 is 0. The van der Waals surface area contributed by atoms with Gasteiger partial charge in [0.1, 0.15) is 0 Å². The van der Waals surface area contributed by atoms with Crippen LogP contribution in [0.15, 0.2) is 0 Å². The van der Waals surface area contributed by atoms with Crippen molar-refractivity contribution in [1.29, 1.82) is 0 Å². The highest BCUT2D eigenvalue weighted by Crippen LogP contribution is 2.26. The highest BCUT2D eigenvalue weighted by Gasteiger charge is 2.32. The molecule has 2 fully saturated rings. The van der Waals surface area contributed by atoms with Gasteiger partial charge in [-0.15, -0.1) is 0 Å². The Bertz CT molecular complexity index is 335. The van der Waals surface area contributed by atoms with E-state index in [1.165, 1.54) is 12.8 Å². The summed E-state index contributed by atoms with van der Waals surface area (Å²) in [7, 11) is 0. The number of nitrogens with one attached hydrogen (secondary N) is 1. The van der Waals surface area contributed by atoms with Gasteiger partial charge in [0.15, 0.2) is 0 Å². The molecule has 2 saturated carbocycles. The fourth-order valence-electron chi connectivity index (χ4n) is 3.62. The lowest BCUT2D eigenvalue weighted by Crippen LogP contribution is -2.45. The predicted octanol–water partition coefficient (Wildman–Crippen LogP) is 3.11. The van der Waals surface area contributed by atoms with Crippen molar-refractivity contribution in [2.24, 2.45) is 11.8 Å². The molecule has 2 aliphatic rings. The van der Waals surface area contributed by atoms with Crippen molar-refractivity contribution in [3.8, 4) is 0 Å². The number of aliphatic carboxylic acids is 1. The molecule has 4 nitrogen and oxygen atoms in total. The molecule has 1 amide bonds. The molecule has 0 aliphatic heterocycles. The zero-order chi connectivity index (χ0) is 14.4. The largest absolute Gasteiger partial charge is 0.481 e. The molecule has 0 heterocycles. The highest BCUT2D eigenvalue weighted by molar-refractivity contribution is 5.80. The second-order valence-corrected chi connectivity index (χ2v) is 6.39. The van der Waals surface area contributed by atoms with Crippen LogP contribution >= 0.6 is 0 Å². The summed E-state index contributed by atoms with van der Waals surface area (Å²) in [6.07, 6.45) is 11.2. The van der Waals surface area contributed by atoms with Crippen molar-refractivity contribution in [2.75, 3.05) is 0 Å². The van der Waals surface area contributed by atoms with E-state index in [-0.39, 0.29) is 17.9 Å². The summed E-state index contributed by atoms with van der Waals surface area (Å²) in [6.45, 7) is 0. The number of hydrogen-bond donors (Lipinski definition) is 2. The van der Waals surface area contributed by atoms with Crippen LogP contribution in [0.25, 0.3) is 0 Å². The molecular weight excluding hydrogens is 254 g/mol. The maximum Gasteiger partial charge on any atom is 0.308 e. The number of carboxylic acids is 1. The number of rotatable bonds is 3. The second-order valence-electron chi connectivity index (χ2n) is 6.39. The first-order chi connectivity index (χ1) is 9.68. The van der Waals surface area contributed by atoms with Gasteiger partial charge in [-0.1, -0.05) is 44.9 Å². The van der Waals surface area contributed by atoms with E-state index in [4.69, 9.17) is 0 Å². The molecule has 4 heteroatoms. The Morgan fingerprint density at radius 3 is 2.00 bits per heavy atom. The summed E-state index contributed by atoms with van der Waals surface area (Å²) in [5.74, 6) is -0.939. The first-order valence-corrected chi connectivity index (χ1v) is 8.21. The van der Waals surface area contributed by atoms with E-state index in [0.29, 0.717) is 6.42 Å². The molecule has 0 radical (unpaired) electrons. The SMILES string of the molecule is O=C(N[C@H]1CCCCC[C@H]1C(=O)O)C1CCCCCC1. The molecule has 0 saturated heterocycles. The quantitative estimate of drug-likeness (QED) is 0.781. The van der Waals surface area contributed by atoms with Crippen LogP contribution in [0.1, 0.15) is 70.6 Å². The molecule has 0 spiro atoms. The van der Waals surface area contributed by atoms with Crippen molar-refractivity contribution in [1.82, 2.24) is 5.32 Å². The maximum absolute atomic E-state index is 12.4. The van der Waals surface area contributed by atoms with Crippen LogP contribution in [-0.4, -0.2) is 23.0 Å². The van der Waals surface area contributed by atoms with Crippen molar-refractivity contribution in [3.63, 3.8) is 0 Å². The summed E-state index contributed by atoms with van der Waals surface area (Å²) in [4.78, 5) is 23.8. The van der Waals surface area contributed by atoms with E-state index < -0.39 is 11.9 Å². The molecule has 0 unspecified atom stereocenters. The summed E-state index contributed by atoms with van der Waals surface area (Å²) in [5, 5.41) is 12.4. The molecular formula is C16H27NO3. The van der Waals surface area contributed by atoms with Crippen molar-refractivity contribution in [2.45, 2.75) is 76.7 Å². The molecule has 2 atom stereocenters. The number of hydrogen-bond acceptors (Lipinski definition) is 2. The molecule has 114 valence electrons. The molecule has 20 heavy (non-hydrogen) atoms. The minimum absolute atomic E-state index is 0.102. The van der Waals surface area contributed by atoms with E-state index in [1.54, 1.807) is 0 Å². The molecule has 0 aromatic rings.